The Balaban J connectivity index is 1.65. The Morgan fingerprint density at radius 1 is 0.868 bits per heavy atom. The minimum absolute atomic E-state index is 0.0408. The molecule has 0 spiro atoms. The Hall–Kier alpha value is -3.70. The van der Waals surface area contributed by atoms with Gasteiger partial charge in [-0.1, -0.05) is 79.4 Å². The van der Waals surface area contributed by atoms with Crippen molar-refractivity contribution in [3.63, 3.8) is 0 Å². The zero-order chi connectivity index (χ0) is 27.2. The number of aryl methyl sites for hydroxylation is 1. The molecule has 0 aromatic heterocycles. The number of ether oxygens (including phenoxy) is 1. The van der Waals surface area contributed by atoms with Crippen molar-refractivity contribution in [2.75, 3.05) is 20.3 Å². The summed E-state index contributed by atoms with van der Waals surface area (Å²) in [5.41, 5.74) is 2.77. The Morgan fingerprint density at radius 3 is 2.21 bits per heavy atom. The minimum atomic E-state index is -0.600. The maximum atomic E-state index is 13.1. The topological polar surface area (TPSA) is 75.6 Å². The van der Waals surface area contributed by atoms with Crippen LogP contribution in [-0.2, 0) is 16.6 Å². The van der Waals surface area contributed by atoms with E-state index in [9.17, 15) is 14.7 Å². The number of hydrogen-bond acceptors (Lipinski definition) is 4. The van der Waals surface area contributed by atoms with Crippen LogP contribution in [0.3, 0.4) is 0 Å². The number of methoxy groups -OCH3 is 1. The molecule has 5 heteroatoms. The third-order valence-electron chi connectivity index (χ3n) is 7.18. The molecule has 0 aliphatic carbocycles. The van der Waals surface area contributed by atoms with Gasteiger partial charge in [0, 0.05) is 25.0 Å². The van der Waals surface area contributed by atoms with Crippen LogP contribution in [0.1, 0.15) is 60.0 Å². The van der Waals surface area contributed by atoms with Gasteiger partial charge in [0.25, 0.3) is 5.91 Å². The molecule has 0 aliphatic rings. The van der Waals surface area contributed by atoms with E-state index in [2.05, 4.69) is 24.0 Å². The van der Waals surface area contributed by atoms with Gasteiger partial charge in [0.05, 0.1) is 12.7 Å². The highest BCUT2D eigenvalue weighted by molar-refractivity contribution is 5.97. The van der Waals surface area contributed by atoms with Gasteiger partial charge < -0.3 is 15.2 Å². The first-order valence-corrected chi connectivity index (χ1v) is 13.3. The number of amides is 1. The van der Waals surface area contributed by atoms with Crippen molar-refractivity contribution in [1.82, 2.24) is 5.32 Å². The van der Waals surface area contributed by atoms with Crippen LogP contribution < -0.4 is 10.1 Å². The van der Waals surface area contributed by atoms with E-state index in [0.29, 0.717) is 42.6 Å². The second-order valence-corrected chi connectivity index (χ2v) is 9.72. The first-order chi connectivity index (χ1) is 18.5. The van der Waals surface area contributed by atoms with Crippen LogP contribution in [0.25, 0.3) is 0 Å². The van der Waals surface area contributed by atoms with Crippen LogP contribution in [0.2, 0.25) is 0 Å². The van der Waals surface area contributed by atoms with Crippen molar-refractivity contribution < 1.29 is 19.4 Å². The van der Waals surface area contributed by atoms with Crippen LogP contribution in [0.4, 0.5) is 0 Å². The van der Waals surface area contributed by atoms with Crippen LogP contribution in [0.5, 0.6) is 5.75 Å². The summed E-state index contributed by atoms with van der Waals surface area (Å²) >= 11 is 0. The summed E-state index contributed by atoms with van der Waals surface area (Å²) in [4.78, 5) is 26.1. The summed E-state index contributed by atoms with van der Waals surface area (Å²) in [7, 11) is 1.53. The fourth-order valence-electron chi connectivity index (χ4n) is 4.86. The summed E-state index contributed by atoms with van der Waals surface area (Å²) in [5, 5.41) is 13.0. The van der Waals surface area contributed by atoms with E-state index in [1.165, 1.54) is 12.7 Å². The van der Waals surface area contributed by atoms with Crippen LogP contribution in [0.15, 0.2) is 97.1 Å². The van der Waals surface area contributed by atoms with Crippen molar-refractivity contribution >= 4 is 11.7 Å². The summed E-state index contributed by atoms with van der Waals surface area (Å²) in [6, 6.07) is 27.2. The normalized spacial score (nSPS) is 12.4. The van der Waals surface area contributed by atoms with Gasteiger partial charge in [-0.05, 0) is 67.4 Å². The molecule has 3 aromatic rings. The predicted octanol–water partition coefficient (Wildman–Crippen LogP) is 6.06. The SMILES string of the molecule is C=C(CCCCc1ccccc1)C(=O)CCC(CCO)(CNC(=O)c1ccccc1OC)c1ccccc1. The van der Waals surface area contributed by atoms with Gasteiger partial charge in [0.2, 0.25) is 0 Å². The molecule has 0 bridgehead atoms. The Morgan fingerprint density at radius 2 is 1.53 bits per heavy atom. The van der Waals surface area contributed by atoms with Crippen molar-refractivity contribution in [3.8, 4) is 5.75 Å². The van der Waals surface area contributed by atoms with E-state index >= 15 is 0 Å². The molecule has 0 aliphatic heterocycles. The average molecular weight is 514 g/mol. The lowest BCUT2D eigenvalue weighted by Crippen LogP contribution is -2.42. The van der Waals surface area contributed by atoms with E-state index in [1.807, 2.05) is 54.6 Å². The molecule has 0 heterocycles. The van der Waals surface area contributed by atoms with E-state index < -0.39 is 5.41 Å². The standard InChI is InChI=1S/C33H39NO4/c1-26(13-9-10-16-27-14-5-3-6-15-27)30(36)21-22-33(23-24-35,28-17-7-4-8-18-28)25-34-32(37)29-19-11-12-20-31(29)38-2/h3-8,11-12,14-15,17-20,35H,1,9-10,13,16,21-25H2,2H3,(H,34,37). The van der Waals surface area contributed by atoms with Gasteiger partial charge in [-0.25, -0.2) is 0 Å². The first kappa shape index (κ1) is 28.9. The number of rotatable bonds is 16. The van der Waals surface area contributed by atoms with Crippen LogP contribution >= 0.6 is 0 Å². The molecule has 0 saturated heterocycles. The molecule has 3 rings (SSSR count). The molecular weight excluding hydrogens is 474 g/mol. The largest absolute Gasteiger partial charge is 0.496 e. The highest BCUT2D eigenvalue weighted by Gasteiger charge is 2.33. The molecule has 3 aromatic carbocycles. The summed E-state index contributed by atoms with van der Waals surface area (Å²) < 4.78 is 5.35. The summed E-state index contributed by atoms with van der Waals surface area (Å²) in [6.07, 6.45) is 4.79. The summed E-state index contributed by atoms with van der Waals surface area (Å²) in [6.45, 7) is 4.29. The molecule has 1 amide bonds. The Labute approximate surface area is 226 Å². The number of carbonyl (C=O) groups excluding carboxylic acids is 2. The number of aliphatic hydroxyl groups is 1. The maximum Gasteiger partial charge on any atom is 0.255 e. The van der Waals surface area contributed by atoms with Gasteiger partial charge >= 0.3 is 0 Å². The number of carbonyl (C=O) groups is 2. The van der Waals surface area contributed by atoms with Crippen molar-refractivity contribution in [2.24, 2.45) is 0 Å². The lowest BCUT2D eigenvalue weighted by molar-refractivity contribution is -0.116. The molecule has 1 atom stereocenters. The number of para-hydroxylation sites is 1. The predicted molar refractivity (Wildman–Crippen MR) is 153 cm³/mol. The fraction of sp³-hybridized carbons (Fsp3) is 0.333. The van der Waals surface area contributed by atoms with Gasteiger partial charge in [-0.2, -0.15) is 0 Å². The lowest BCUT2D eigenvalue weighted by atomic mass is 9.73. The molecule has 0 saturated carbocycles. The molecule has 38 heavy (non-hydrogen) atoms. The summed E-state index contributed by atoms with van der Waals surface area (Å²) in [5.74, 6) is 0.282. The van der Waals surface area contributed by atoms with Gasteiger partial charge in [0.15, 0.2) is 5.78 Å². The number of allylic oxidation sites excluding steroid dienone is 1. The van der Waals surface area contributed by atoms with Crippen LogP contribution in [0, 0.1) is 0 Å². The third kappa shape index (κ3) is 8.15. The number of unbranched alkanes of at least 4 members (excludes halogenated alkanes) is 1. The number of nitrogens with one attached hydrogen (secondary N) is 1. The van der Waals surface area contributed by atoms with E-state index in [0.717, 1.165) is 24.8 Å². The Bertz CT molecular complexity index is 1180. The van der Waals surface area contributed by atoms with E-state index in [-0.39, 0.29) is 24.8 Å². The van der Waals surface area contributed by atoms with Gasteiger partial charge in [-0.3, -0.25) is 9.59 Å². The van der Waals surface area contributed by atoms with E-state index in [4.69, 9.17) is 4.74 Å². The molecule has 200 valence electrons. The number of Topliss-reactive ketones (excluding diaryl/α,β-unsaturated/α-hetero) is 1. The smallest absolute Gasteiger partial charge is 0.255 e. The molecular formula is C33H39NO4. The zero-order valence-corrected chi connectivity index (χ0v) is 22.3. The molecule has 0 radical (unpaired) electrons. The number of aliphatic hydroxyl groups excluding tert-OH is 1. The third-order valence-corrected chi connectivity index (χ3v) is 7.18. The molecule has 5 nitrogen and oxygen atoms in total. The number of hydrogen-bond donors (Lipinski definition) is 2. The number of ketones is 1. The molecule has 2 N–H and O–H groups in total. The zero-order valence-electron chi connectivity index (χ0n) is 22.3. The van der Waals surface area contributed by atoms with Crippen LogP contribution in [-0.4, -0.2) is 37.1 Å². The van der Waals surface area contributed by atoms with Crippen molar-refractivity contribution in [2.45, 2.75) is 50.4 Å². The fourth-order valence-corrected chi connectivity index (χ4v) is 4.86. The van der Waals surface area contributed by atoms with Crippen molar-refractivity contribution in [1.29, 1.82) is 0 Å². The number of benzene rings is 3. The Kier molecular flexibility index (Phi) is 11.3. The maximum absolute atomic E-state index is 13.1. The first-order valence-electron chi connectivity index (χ1n) is 13.3. The molecule has 0 fully saturated rings. The quantitative estimate of drug-likeness (QED) is 0.180. The highest BCUT2D eigenvalue weighted by Crippen LogP contribution is 2.34. The second kappa shape index (κ2) is 14.9. The second-order valence-electron chi connectivity index (χ2n) is 9.72. The van der Waals surface area contributed by atoms with Crippen molar-refractivity contribution in [3.05, 3.63) is 114 Å². The molecule has 1 unspecified atom stereocenters. The van der Waals surface area contributed by atoms with Gasteiger partial charge in [0.1, 0.15) is 5.75 Å². The lowest BCUT2D eigenvalue weighted by Gasteiger charge is -2.34. The monoisotopic (exact) mass is 513 g/mol. The average Bonchev–Trinajstić information content (AvgIpc) is 2.97. The van der Waals surface area contributed by atoms with E-state index in [1.54, 1.807) is 18.2 Å². The minimum Gasteiger partial charge on any atom is -0.496 e. The highest BCUT2D eigenvalue weighted by atomic mass is 16.5. The van der Waals surface area contributed by atoms with Gasteiger partial charge in [-0.15, -0.1) is 0 Å².